The van der Waals surface area contributed by atoms with E-state index in [1.165, 1.54) is 11.1 Å². The van der Waals surface area contributed by atoms with E-state index >= 15 is 0 Å². The van der Waals surface area contributed by atoms with E-state index in [0.717, 1.165) is 30.4 Å². The Hall–Kier alpha value is -3.39. The van der Waals surface area contributed by atoms with Crippen molar-refractivity contribution in [1.29, 1.82) is 0 Å². The molecule has 0 spiro atoms. The topological polar surface area (TPSA) is 114 Å². The quantitative estimate of drug-likeness (QED) is 0.464. The fraction of sp³-hybridized carbons (Fsp3) is 0.423. The first-order chi connectivity index (χ1) is 16.5. The van der Waals surface area contributed by atoms with Crippen LogP contribution in [0.5, 0.6) is 0 Å². The Morgan fingerprint density at radius 2 is 1.62 bits per heavy atom. The highest BCUT2D eigenvalue weighted by Crippen LogP contribution is 2.44. The summed E-state index contributed by atoms with van der Waals surface area (Å²) in [5.41, 5.74) is 4.69. The molecule has 0 aromatic heterocycles. The van der Waals surface area contributed by atoms with Crippen molar-refractivity contribution < 1.29 is 29.0 Å². The molecule has 2 aromatic carbocycles. The van der Waals surface area contributed by atoms with Crippen LogP contribution in [0, 0.1) is 11.8 Å². The van der Waals surface area contributed by atoms with Gasteiger partial charge in [0.2, 0.25) is 5.91 Å². The van der Waals surface area contributed by atoms with Gasteiger partial charge in [0.25, 0.3) is 0 Å². The minimum absolute atomic E-state index is 0.00602. The largest absolute Gasteiger partial charge is 0.480 e. The average Bonchev–Trinajstić information content (AvgIpc) is 3.44. The van der Waals surface area contributed by atoms with Gasteiger partial charge in [0.05, 0.1) is 6.61 Å². The first-order valence-electron chi connectivity index (χ1n) is 11.7. The van der Waals surface area contributed by atoms with E-state index in [0.29, 0.717) is 6.54 Å². The fourth-order valence-corrected chi connectivity index (χ4v) is 5.03. The summed E-state index contributed by atoms with van der Waals surface area (Å²) in [5.74, 6) is -1.27. The van der Waals surface area contributed by atoms with E-state index in [1.807, 2.05) is 24.3 Å². The normalized spacial score (nSPS) is 18.7. The molecule has 1 fully saturated rings. The van der Waals surface area contributed by atoms with Crippen molar-refractivity contribution in [3.05, 3.63) is 59.7 Å². The number of carbonyl (C=O) groups is 3. The van der Waals surface area contributed by atoms with E-state index < -0.39 is 12.1 Å². The molecule has 34 heavy (non-hydrogen) atoms. The molecule has 0 heterocycles. The lowest BCUT2D eigenvalue weighted by Crippen LogP contribution is -2.39. The minimum atomic E-state index is -1.04. The Bertz CT molecular complexity index is 994. The predicted octanol–water partition coefficient (Wildman–Crippen LogP) is 3.16. The number of carboxylic acid groups (broad SMARTS) is 1. The smallest absolute Gasteiger partial charge is 0.407 e. The van der Waals surface area contributed by atoms with Crippen LogP contribution in [0.1, 0.15) is 36.3 Å². The monoisotopic (exact) mass is 466 g/mol. The zero-order chi connectivity index (χ0) is 23.9. The van der Waals surface area contributed by atoms with Crippen LogP contribution in [0.3, 0.4) is 0 Å². The number of hydrogen-bond acceptors (Lipinski definition) is 5. The first-order valence-corrected chi connectivity index (χ1v) is 11.7. The molecule has 2 aliphatic rings. The lowest BCUT2D eigenvalue weighted by Gasteiger charge is -2.20. The number of rotatable bonds is 10. The number of fused-ring (bicyclic) bond motifs is 3. The van der Waals surface area contributed by atoms with Crippen LogP contribution < -0.4 is 10.6 Å². The standard InChI is InChI=1S/C26H30N2O6/c29-24(30)16-33-13-12-27-25(31)18-11-5-6-17(18)14-28-26(32)34-15-23-21-9-3-1-7-19(21)20-8-2-4-10-22(20)23/h1-4,7-10,17-18,23H,5-6,11-16H2,(H,27,31)(H,28,32)(H,29,30)/t17-,18-/m0/s1. The van der Waals surface area contributed by atoms with Crippen molar-refractivity contribution in [3.8, 4) is 11.1 Å². The molecule has 0 radical (unpaired) electrons. The van der Waals surface area contributed by atoms with Gasteiger partial charge in [0.1, 0.15) is 13.2 Å². The van der Waals surface area contributed by atoms with Gasteiger partial charge in [0, 0.05) is 24.9 Å². The van der Waals surface area contributed by atoms with Crippen molar-refractivity contribution in [2.45, 2.75) is 25.2 Å². The van der Waals surface area contributed by atoms with Crippen molar-refractivity contribution in [3.63, 3.8) is 0 Å². The maximum absolute atomic E-state index is 12.5. The number of carbonyl (C=O) groups excluding carboxylic acids is 2. The highest BCUT2D eigenvalue weighted by Gasteiger charge is 2.33. The van der Waals surface area contributed by atoms with Gasteiger partial charge in [-0.15, -0.1) is 0 Å². The third-order valence-corrected chi connectivity index (χ3v) is 6.62. The highest BCUT2D eigenvalue weighted by molar-refractivity contribution is 5.80. The summed E-state index contributed by atoms with van der Waals surface area (Å²) in [5, 5.41) is 14.2. The molecule has 8 nitrogen and oxygen atoms in total. The van der Waals surface area contributed by atoms with Gasteiger partial charge in [-0.25, -0.2) is 9.59 Å². The number of alkyl carbamates (subject to hydrolysis) is 1. The molecule has 180 valence electrons. The Labute approximate surface area is 198 Å². The van der Waals surface area contributed by atoms with Gasteiger partial charge < -0.3 is 25.2 Å². The second-order valence-electron chi connectivity index (χ2n) is 8.74. The third-order valence-electron chi connectivity index (χ3n) is 6.62. The summed E-state index contributed by atoms with van der Waals surface area (Å²) in [4.78, 5) is 35.4. The number of aliphatic carboxylic acids is 1. The number of hydrogen-bond donors (Lipinski definition) is 3. The molecule has 3 N–H and O–H groups in total. The van der Waals surface area contributed by atoms with Crippen LogP contribution >= 0.6 is 0 Å². The molecule has 2 aromatic rings. The molecule has 0 bridgehead atoms. The van der Waals surface area contributed by atoms with Gasteiger partial charge in [-0.1, -0.05) is 55.0 Å². The molecular formula is C26H30N2O6. The van der Waals surface area contributed by atoms with Crippen molar-refractivity contribution in [1.82, 2.24) is 10.6 Å². The molecular weight excluding hydrogens is 436 g/mol. The number of carboxylic acids is 1. The van der Waals surface area contributed by atoms with Gasteiger partial charge in [-0.05, 0) is 41.0 Å². The van der Waals surface area contributed by atoms with Crippen molar-refractivity contribution in [2.75, 3.05) is 32.9 Å². The van der Waals surface area contributed by atoms with Gasteiger partial charge in [0.15, 0.2) is 0 Å². The van der Waals surface area contributed by atoms with Crippen LogP contribution in [0.4, 0.5) is 4.79 Å². The summed E-state index contributed by atoms with van der Waals surface area (Å²) in [6.45, 7) is 0.656. The summed E-state index contributed by atoms with van der Waals surface area (Å²) in [6, 6.07) is 16.4. The second-order valence-corrected chi connectivity index (χ2v) is 8.74. The van der Waals surface area contributed by atoms with Crippen LogP contribution in [0.2, 0.25) is 0 Å². The lowest BCUT2D eigenvalue weighted by atomic mass is 9.95. The highest BCUT2D eigenvalue weighted by atomic mass is 16.5. The maximum atomic E-state index is 12.5. The Morgan fingerprint density at radius 3 is 2.29 bits per heavy atom. The molecule has 0 saturated heterocycles. The molecule has 2 aliphatic carbocycles. The second kappa shape index (κ2) is 11.2. The van der Waals surface area contributed by atoms with E-state index in [-0.39, 0.29) is 50.0 Å². The zero-order valence-corrected chi connectivity index (χ0v) is 19.0. The Morgan fingerprint density at radius 1 is 0.941 bits per heavy atom. The van der Waals surface area contributed by atoms with Crippen LogP contribution in [0.25, 0.3) is 11.1 Å². The number of benzene rings is 2. The number of amides is 2. The van der Waals surface area contributed by atoms with Gasteiger partial charge in [-0.3, -0.25) is 4.79 Å². The van der Waals surface area contributed by atoms with Crippen LogP contribution in [0.15, 0.2) is 48.5 Å². The van der Waals surface area contributed by atoms with Crippen molar-refractivity contribution in [2.24, 2.45) is 11.8 Å². The minimum Gasteiger partial charge on any atom is -0.480 e. The van der Waals surface area contributed by atoms with Gasteiger partial charge >= 0.3 is 12.1 Å². The van der Waals surface area contributed by atoms with E-state index in [1.54, 1.807) is 0 Å². The molecule has 2 amide bonds. The third kappa shape index (κ3) is 5.56. The number of nitrogens with one attached hydrogen (secondary N) is 2. The van der Waals surface area contributed by atoms with Crippen molar-refractivity contribution >= 4 is 18.0 Å². The predicted molar refractivity (Wildman–Crippen MR) is 125 cm³/mol. The molecule has 2 atom stereocenters. The van der Waals surface area contributed by atoms with Crippen LogP contribution in [-0.4, -0.2) is 56.0 Å². The number of ether oxygens (including phenoxy) is 2. The fourth-order valence-electron chi connectivity index (χ4n) is 5.03. The van der Waals surface area contributed by atoms with Crippen LogP contribution in [-0.2, 0) is 19.1 Å². The lowest BCUT2D eigenvalue weighted by molar-refractivity contribution is -0.142. The van der Waals surface area contributed by atoms with E-state index in [4.69, 9.17) is 14.6 Å². The molecule has 1 saturated carbocycles. The first kappa shape index (κ1) is 23.8. The molecule has 0 aliphatic heterocycles. The molecule has 4 rings (SSSR count). The SMILES string of the molecule is O=C(O)COCCNC(=O)[C@H]1CCC[C@H]1CNC(=O)OCC1c2ccccc2-c2ccccc21. The van der Waals surface area contributed by atoms with E-state index in [9.17, 15) is 14.4 Å². The average molecular weight is 467 g/mol. The summed E-state index contributed by atoms with van der Waals surface area (Å²) >= 11 is 0. The summed E-state index contributed by atoms with van der Waals surface area (Å²) in [6.07, 6.45) is 2.07. The summed E-state index contributed by atoms with van der Waals surface area (Å²) < 4.78 is 10.5. The molecule has 8 heteroatoms. The zero-order valence-electron chi connectivity index (χ0n) is 19.0. The van der Waals surface area contributed by atoms with E-state index in [2.05, 4.69) is 34.9 Å². The van der Waals surface area contributed by atoms with Gasteiger partial charge in [-0.2, -0.15) is 0 Å². The molecule has 0 unspecified atom stereocenters. The Balaban J connectivity index is 1.23. The maximum Gasteiger partial charge on any atom is 0.407 e. The summed E-state index contributed by atoms with van der Waals surface area (Å²) in [7, 11) is 0. The Kier molecular flexibility index (Phi) is 7.80.